The maximum absolute atomic E-state index is 13.1. The van der Waals surface area contributed by atoms with Crippen molar-refractivity contribution in [3.8, 4) is 0 Å². The van der Waals surface area contributed by atoms with Crippen LogP contribution in [0.25, 0.3) is 11.0 Å². The Hall–Kier alpha value is -3.03. The summed E-state index contributed by atoms with van der Waals surface area (Å²) in [6, 6.07) is 14.1. The van der Waals surface area contributed by atoms with Gasteiger partial charge in [0.15, 0.2) is 5.65 Å². The Morgan fingerprint density at radius 1 is 1.13 bits per heavy atom. The first-order valence-electron chi connectivity index (χ1n) is 9.64. The van der Waals surface area contributed by atoms with Crippen LogP contribution in [-0.2, 0) is 9.53 Å². The van der Waals surface area contributed by atoms with Crippen molar-refractivity contribution in [3.05, 3.63) is 64.8 Å². The highest BCUT2D eigenvalue weighted by Crippen LogP contribution is 2.38. The fraction of sp³-hybridized carbons (Fsp3) is 0.273. The van der Waals surface area contributed by atoms with Crippen molar-refractivity contribution >= 4 is 40.3 Å². The van der Waals surface area contributed by atoms with Crippen LogP contribution in [0.3, 0.4) is 0 Å². The first kappa shape index (κ1) is 20.3. The summed E-state index contributed by atoms with van der Waals surface area (Å²) in [5, 5.41) is 1.11. The minimum absolute atomic E-state index is 0.265. The molecule has 0 fully saturated rings. The van der Waals surface area contributed by atoms with Crippen molar-refractivity contribution < 1.29 is 14.3 Å². The number of hydrogen-bond donors (Lipinski definition) is 0. The van der Waals surface area contributed by atoms with E-state index in [2.05, 4.69) is 9.97 Å². The van der Waals surface area contributed by atoms with Gasteiger partial charge in [-0.2, -0.15) is 0 Å². The van der Waals surface area contributed by atoms with Gasteiger partial charge in [0.1, 0.15) is 11.0 Å². The summed E-state index contributed by atoms with van der Waals surface area (Å²) >= 11 is 6.00. The second-order valence-electron chi connectivity index (χ2n) is 7.36. The minimum atomic E-state index is -0.871. The van der Waals surface area contributed by atoms with Gasteiger partial charge in [0.05, 0.1) is 0 Å². The van der Waals surface area contributed by atoms with Gasteiger partial charge in [-0.1, -0.05) is 29.8 Å². The van der Waals surface area contributed by atoms with E-state index in [1.807, 2.05) is 37.2 Å². The van der Waals surface area contributed by atoms with Crippen LogP contribution in [0.5, 0.6) is 0 Å². The number of halogens is 1. The lowest BCUT2D eigenvalue weighted by atomic mass is 10.1. The molecule has 1 aromatic carbocycles. The molecule has 4 rings (SSSR count). The smallest absolute Gasteiger partial charge is 0.308 e. The van der Waals surface area contributed by atoms with Crippen LogP contribution in [0.15, 0.2) is 48.5 Å². The number of hydrogen-bond acceptors (Lipinski definition) is 6. The van der Waals surface area contributed by atoms with Crippen molar-refractivity contribution in [3.63, 3.8) is 0 Å². The monoisotopic (exact) mass is 424 g/mol. The highest BCUT2D eigenvalue weighted by atomic mass is 35.5. The second-order valence-corrected chi connectivity index (χ2v) is 7.75. The van der Waals surface area contributed by atoms with Gasteiger partial charge in [0, 0.05) is 22.9 Å². The summed E-state index contributed by atoms with van der Waals surface area (Å²) in [5.41, 5.74) is 1.55. The Balaban J connectivity index is 1.66. The number of ether oxygens (including phenoxy) is 1. The van der Waals surface area contributed by atoms with Gasteiger partial charge in [-0.25, -0.2) is 9.97 Å². The molecule has 2 aromatic heterocycles. The average molecular weight is 425 g/mol. The van der Waals surface area contributed by atoms with Gasteiger partial charge in [0.25, 0.3) is 5.91 Å². The number of esters is 1. The van der Waals surface area contributed by atoms with Gasteiger partial charge >= 0.3 is 5.97 Å². The summed E-state index contributed by atoms with van der Waals surface area (Å²) in [6.07, 6.45) is 0.0658. The molecule has 7 nitrogen and oxygen atoms in total. The third-order valence-corrected chi connectivity index (χ3v) is 5.10. The molecule has 1 unspecified atom stereocenters. The zero-order valence-electron chi connectivity index (χ0n) is 16.7. The van der Waals surface area contributed by atoms with Crippen LogP contribution in [0.1, 0.15) is 35.0 Å². The third kappa shape index (κ3) is 3.99. The SMILES string of the molecule is CN(C)CCCC(=O)OC1c2ccccc2C(=O)N1c1ccc2ccc(Cl)nc2n1. The van der Waals surface area contributed by atoms with E-state index >= 15 is 0 Å². The first-order chi connectivity index (χ1) is 14.4. The Bertz CT molecular complexity index is 1120. The van der Waals surface area contributed by atoms with Crippen molar-refractivity contribution in [2.75, 3.05) is 25.5 Å². The molecule has 0 saturated carbocycles. The number of benzene rings is 1. The standard InChI is InChI=1S/C22H21ClN4O3/c1-26(2)13-5-8-19(28)30-22-16-7-4-3-6-15(16)21(29)27(22)18-12-10-14-9-11-17(23)24-20(14)25-18/h3-4,6-7,9-12,22H,5,8,13H2,1-2H3. The van der Waals surface area contributed by atoms with Crippen LogP contribution in [0, 0.1) is 0 Å². The van der Waals surface area contributed by atoms with Crippen LogP contribution in [0.2, 0.25) is 5.15 Å². The molecule has 0 aliphatic carbocycles. The van der Waals surface area contributed by atoms with Gasteiger partial charge < -0.3 is 9.64 Å². The predicted molar refractivity (Wildman–Crippen MR) is 114 cm³/mol. The molecular formula is C22H21ClN4O3. The molecule has 1 amide bonds. The van der Waals surface area contributed by atoms with Gasteiger partial charge in [0.2, 0.25) is 6.23 Å². The maximum Gasteiger partial charge on any atom is 0.308 e. The lowest BCUT2D eigenvalue weighted by Crippen LogP contribution is -2.31. The Labute approximate surface area is 179 Å². The normalized spacial score (nSPS) is 15.7. The van der Waals surface area contributed by atoms with Crippen LogP contribution in [0.4, 0.5) is 5.82 Å². The number of amides is 1. The quantitative estimate of drug-likeness (QED) is 0.442. The van der Waals surface area contributed by atoms with E-state index in [0.717, 1.165) is 11.9 Å². The van der Waals surface area contributed by atoms with Crippen molar-refractivity contribution in [1.82, 2.24) is 14.9 Å². The van der Waals surface area contributed by atoms with Crippen LogP contribution < -0.4 is 4.90 Å². The highest BCUT2D eigenvalue weighted by molar-refractivity contribution is 6.29. The van der Waals surface area contributed by atoms with Gasteiger partial charge in [-0.15, -0.1) is 0 Å². The number of carbonyl (C=O) groups is 2. The number of aromatic nitrogens is 2. The maximum atomic E-state index is 13.1. The topological polar surface area (TPSA) is 75.6 Å². The average Bonchev–Trinajstić information content (AvgIpc) is 2.99. The molecule has 154 valence electrons. The molecule has 1 aliphatic rings. The van der Waals surface area contributed by atoms with E-state index in [1.54, 1.807) is 30.3 Å². The van der Waals surface area contributed by atoms with E-state index < -0.39 is 6.23 Å². The lowest BCUT2D eigenvalue weighted by Gasteiger charge is -2.24. The minimum Gasteiger partial charge on any atom is -0.437 e. The molecule has 1 aliphatic heterocycles. The molecule has 30 heavy (non-hydrogen) atoms. The van der Waals surface area contributed by atoms with Gasteiger partial charge in [-0.05, 0) is 57.4 Å². The number of fused-ring (bicyclic) bond motifs is 2. The number of anilines is 1. The van der Waals surface area contributed by atoms with E-state index in [-0.39, 0.29) is 18.3 Å². The summed E-state index contributed by atoms with van der Waals surface area (Å²) < 4.78 is 5.75. The third-order valence-electron chi connectivity index (χ3n) is 4.89. The summed E-state index contributed by atoms with van der Waals surface area (Å²) in [5.74, 6) is -0.284. The molecule has 8 heteroatoms. The highest BCUT2D eigenvalue weighted by Gasteiger charge is 2.40. The fourth-order valence-corrected chi connectivity index (χ4v) is 3.59. The van der Waals surface area contributed by atoms with Crippen molar-refractivity contribution in [2.45, 2.75) is 19.1 Å². The zero-order valence-corrected chi connectivity index (χ0v) is 17.5. The van der Waals surface area contributed by atoms with Crippen molar-refractivity contribution in [1.29, 1.82) is 0 Å². The Kier molecular flexibility index (Phi) is 5.65. The van der Waals surface area contributed by atoms with Crippen molar-refractivity contribution in [2.24, 2.45) is 0 Å². The zero-order chi connectivity index (χ0) is 21.3. The predicted octanol–water partition coefficient (Wildman–Crippen LogP) is 3.83. The number of nitrogens with zero attached hydrogens (tertiary/aromatic N) is 4. The second kappa shape index (κ2) is 8.38. The Morgan fingerprint density at radius 2 is 1.90 bits per heavy atom. The fourth-order valence-electron chi connectivity index (χ4n) is 3.45. The molecule has 0 saturated heterocycles. The van der Waals surface area contributed by atoms with E-state index in [0.29, 0.717) is 34.2 Å². The molecule has 1 atom stereocenters. The van der Waals surface area contributed by atoms with Crippen LogP contribution >= 0.6 is 11.6 Å². The van der Waals surface area contributed by atoms with E-state index in [4.69, 9.17) is 16.3 Å². The largest absolute Gasteiger partial charge is 0.437 e. The molecule has 0 spiro atoms. The van der Waals surface area contributed by atoms with Gasteiger partial charge in [-0.3, -0.25) is 14.5 Å². The Morgan fingerprint density at radius 3 is 2.70 bits per heavy atom. The number of pyridine rings is 2. The molecule has 3 aromatic rings. The van der Waals surface area contributed by atoms with E-state index in [9.17, 15) is 9.59 Å². The lowest BCUT2D eigenvalue weighted by molar-refractivity contribution is -0.149. The number of carbonyl (C=O) groups excluding carboxylic acids is 2. The summed E-state index contributed by atoms with van der Waals surface area (Å²) in [6.45, 7) is 0.775. The molecular weight excluding hydrogens is 404 g/mol. The first-order valence-corrected chi connectivity index (χ1v) is 10.0. The molecule has 3 heterocycles. The van der Waals surface area contributed by atoms with E-state index in [1.165, 1.54) is 4.90 Å². The number of rotatable bonds is 6. The summed E-state index contributed by atoms with van der Waals surface area (Å²) in [4.78, 5) is 37.8. The molecule has 0 bridgehead atoms. The summed E-state index contributed by atoms with van der Waals surface area (Å²) in [7, 11) is 3.90. The molecule has 0 N–H and O–H groups in total. The van der Waals surface area contributed by atoms with Crippen LogP contribution in [-0.4, -0.2) is 47.4 Å². The molecule has 0 radical (unpaired) electrons.